The maximum absolute atomic E-state index is 12.4. The van der Waals surface area contributed by atoms with Crippen LogP contribution in [0, 0.1) is 11.3 Å². The lowest BCUT2D eigenvalue weighted by molar-refractivity contribution is 0.388. The smallest absolute Gasteiger partial charge is 0.244 e. The van der Waals surface area contributed by atoms with Crippen molar-refractivity contribution in [2.75, 3.05) is 13.7 Å². The molecule has 1 aromatic carbocycles. The van der Waals surface area contributed by atoms with Gasteiger partial charge in [0.15, 0.2) is 0 Å². The van der Waals surface area contributed by atoms with Gasteiger partial charge in [-0.05, 0) is 31.0 Å². The summed E-state index contributed by atoms with van der Waals surface area (Å²) in [6.07, 6.45) is 1.33. The highest BCUT2D eigenvalue weighted by Crippen LogP contribution is 2.25. The topological polar surface area (TPSA) is 105 Å². The van der Waals surface area contributed by atoms with Crippen LogP contribution in [-0.4, -0.2) is 27.6 Å². The van der Waals surface area contributed by atoms with Crippen LogP contribution in [0.2, 0.25) is 0 Å². The number of nitrogens with two attached hydrogens (primary N) is 1. The second-order valence-corrected chi connectivity index (χ2v) is 6.61. The highest BCUT2D eigenvalue weighted by atomic mass is 32.2. The van der Waals surface area contributed by atoms with Gasteiger partial charge in [0, 0.05) is 12.1 Å². The van der Waals surface area contributed by atoms with Crippen LogP contribution in [0.5, 0.6) is 5.75 Å². The van der Waals surface area contributed by atoms with Gasteiger partial charge in [-0.2, -0.15) is 5.26 Å². The van der Waals surface area contributed by atoms with E-state index in [1.165, 1.54) is 25.3 Å². The normalized spacial score (nSPS) is 12.0. The van der Waals surface area contributed by atoms with Gasteiger partial charge in [-0.25, -0.2) is 13.1 Å². The Bertz CT molecular complexity index is 631. The Hall–Kier alpha value is -1.62. The van der Waals surface area contributed by atoms with Crippen LogP contribution in [0.3, 0.4) is 0 Å². The van der Waals surface area contributed by atoms with Gasteiger partial charge in [-0.1, -0.05) is 13.8 Å². The maximum Gasteiger partial charge on any atom is 0.244 e. The summed E-state index contributed by atoms with van der Waals surface area (Å²) < 4.78 is 32.3. The Kier molecular flexibility index (Phi) is 5.72. The molecular formula is C14H21N3O3S. The van der Waals surface area contributed by atoms with Gasteiger partial charge in [0.25, 0.3) is 0 Å². The Morgan fingerprint density at radius 3 is 2.48 bits per heavy atom. The molecule has 0 fully saturated rings. The fourth-order valence-electron chi connectivity index (χ4n) is 1.78. The molecule has 116 valence electrons. The van der Waals surface area contributed by atoms with Gasteiger partial charge in [-0.15, -0.1) is 0 Å². The van der Waals surface area contributed by atoms with Crippen LogP contribution >= 0.6 is 0 Å². The van der Waals surface area contributed by atoms with Crippen molar-refractivity contribution in [3.63, 3.8) is 0 Å². The minimum Gasteiger partial charge on any atom is -0.495 e. The fraction of sp³-hybridized carbons (Fsp3) is 0.500. The quantitative estimate of drug-likeness (QED) is 0.791. The molecule has 0 saturated carbocycles. The molecule has 1 rings (SSSR count). The summed E-state index contributed by atoms with van der Waals surface area (Å²) in [6, 6.07) is 6.13. The maximum atomic E-state index is 12.4. The summed E-state index contributed by atoms with van der Waals surface area (Å²) >= 11 is 0. The largest absolute Gasteiger partial charge is 0.495 e. The van der Waals surface area contributed by atoms with E-state index in [4.69, 9.17) is 15.7 Å². The number of hydrogen-bond donors (Lipinski definition) is 2. The lowest BCUT2D eigenvalue weighted by atomic mass is 9.95. The second-order valence-electron chi connectivity index (χ2n) is 4.87. The first-order valence-electron chi connectivity index (χ1n) is 6.68. The molecule has 0 spiro atoms. The van der Waals surface area contributed by atoms with Gasteiger partial charge in [0.05, 0.1) is 18.7 Å². The Labute approximate surface area is 126 Å². The van der Waals surface area contributed by atoms with Crippen LogP contribution in [0.25, 0.3) is 0 Å². The predicted octanol–water partition coefficient (Wildman–Crippen LogP) is 1.36. The van der Waals surface area contributed by atoms with Crippen molar-refractivity contribution in [3.8, 4) is 11.8 Å². The molecule has 21 heavy (non-hydrogen) atoms. The van der Waals surface area contributed by atoms with Gasteiger partial charge < -0.3 is 10.5 Å². The first kappa shape index (κ1) is 17.4. The monoisotopic (exact) mass is 311 g/mol. The van der Waals surface area contributed by atoms with Crippen molar-refractivity contribution in [1.29, 1.82) is 5.26 Å². The zero-order valence-corrected chi connectivity index (χ0v) is 13.3. The van der Waals surface area contributed by atoms with Crippen molar-refractivity contribution in [3.05, 3.63) is 23.8 Å². The van der Waals surface area contributed by atoms with Gasteiger partial charge in [0.1, 0.15) is 10.6 Å². The van der Waals surface area contributed by atoms with E-state index < -0.39 is 15.6 Å². The molecule has 6 nitrogen and oxygen atoms in total. The number of sulfonamides is 1. The molecular weight excluding hydrogens is 290 g/mol. The summed E-state index contributed by atoms with van der Waals surface area (Å²) in [5.41, 5.74) is 5.85. The molecule has 3 N–H and O–H groups in total. The number of hydrogen-bond acceptors (Lipinski definition) is 5. The van der Waals surface area contributed by atoms with Crippen LogP contribution < -0.4 is 15.2 Å². The standard InChI is InChI=1S/C14H21N3O3S/c1-4-14(16,5-2)10-17-21(18,19)13-7-6-11(9-15)8-12(13)20-3/h6-8,17H,4-5,10,16H2,1-3H3. The fourth-order valence-corrected chi connectivity index (χ4v) is 3.06. The van der Waals surface area contributed by atoms with Gasteiger partial charge >= 0.3 is 0 Å². The number of ether oxygens (including phenoxy) is 1. The molecule has 0 atom stereocenters. The lowest BCUT2D eigenvalue weighted by Gasteiger charge is -2.26. The van der Waals surface area contributed by atoms with E-state index in [9.17, 15) is 8.42 Å². The molecule has 0 aromatic heterocycles. The molecule has 0 saturated heterocycles. The second kappa shape index (κ2) is 6.89. The number of nitrogens with one attached hydrogen (secondary N) is 1. The van der Waals surface area contributed by atoms with E-state index in [0.717, 1.165) is 0 Å². The van der Waals surface area contributed by atoms with Crippen LogP contribution in [-0.2, 0) is 10.0 Å². The molecule has 0 bridgehead atoms. The molecule has 0 aliphatic rings. The van der Waals surface area contributed by atoms with Gasteiger partial charge in [-0.3, -0.25) is 0 Å². The third-order valence-electron chi connectivity index (χ3n) is 3.60. The van der Waals surface area contributed by atoms with Crippen LogP contribution in [0.4, 0.5) is 0 Å². The van der Waals surface area contributed by atoms with E-state index in [2.05, 4.69) is 4.72 Å². The molecule has 0 aliphatic heterocycles. The van der Waals surface area contributed by atoms with Crippen molar-refractivity contribution in [2.45, 2.75) is 37.1 Å². The minimum atomic E-state index is -3.75. The van der Waals surface area contributed by atoms with Crippen LogP contribution in [0.15, 0.2) is 23.1 Å². The highest BCUT2D eigenvalue weighted by Gasteiger charge is 2.26. The number of nitriles is 1. The third-order valence-corrected chi connectivity index (χ3v) is 5.05. The summed E-state index contributed by atoms with van der Waals surface area (Å²) in [5, 5.41) is 8.84. The number of methoxy groups -OCH3 is 1. The average molecular weight is 311 g/mol. The summed E-state index contributed by atoms with van der Waals surface area (Å²) in [7, 11) is -2.38. The molecule has 7 heteroatoms. The third kappa shape index (κ3) is 4.17. The minimum absolute atomic E-state index is 0.00134. The van der Waals surface area contributed by atoms with Gasteiger partial charge in [0.2, 0.25) is 10.0 Å². The number of rotatable bonds is 7. The zero-order chi connectivity index (χ0) is 16.1. The molecule has 0 aliphatic carbocycles. The highest BCUT2D eigenvalue weighted by molar-refractivity contribution is 7.89. The van der Waals surface area contributed by atoms with Crippen molar-refractivity contribution < 1.29 is 13.2 Å². The molecule has 0 heterocycles. The molecule has 0 radical (unpaired) electrons. The number of nitrogens with zero attached hydrogens (tertiary/aromatic N) is 1. The van der Waals surface area contributed by atoms with Crippen LogP contribution in [0.1, 0.15) is 32.3 Å². The molecule has 0 amide bonds. The first-order chi connectivity index (χ1) is 9.81. The predicted molar refractivity (Wildman–Crippen MR) is 80.4 cm³/mol. The van der Waals surface area contributed by atoms with Crippen molar-refractivity contribution >= 4 is 10.0 Å². The van der Waals surface area contributed by atoms with E-state index in [-0.39, 0.29) is 17.2 Å². The SMILES string of the molecule is CCC(N)(CC)CNS(=O)(=O)c1ccc(C#N)cc1OC. The Morgan fingerprint density at radius 1 is 1.38 bits per heavy atom. The lowest BCUT2D eigenvalue weighted by Crippen LogP contribution is -2.49. The number of benzene rings is 1. The molecule has 0 unspecified atom stereocenters. The summed E-state index contributed by atoms with van der Waals surface area (Å²) in [5.74, 6) is 0.136. The van der Waals surface area contributed by atoms with Crippen molar-refractivity contribution in [1.82, 2.24) is 4.72 Å². The summed E-state index contributed by atoms with van der Waals surface area (Å²) in [6.45, 7) is 3.98. The summed E-state index contributed by atoms with van der Waals surface area (Å²) in [4.78, 5) is -0.00134. The first-order valence-corrected chi connectivity index (χ1v) is 8.17. The average Bonchev–Trinajstić information content (AvgIpc) is 2.51. The van der Waals surface area contributed by atoms with E-state index >= 15 is 0 Å². The Morgan fingerprint density at radius 2 is 2.00 bits per heavy atom. The molecule has 1 aromatic rings. The van der Waals surface area contributed by atoms with Crippen molar-refractivity contribution in [2.24, 2.45) is 5.73 Å². The zero-order valence-electron chi connectivity index (χ0n) is 12.5. The Balaban J connectivity index is 3.06. The van der Waals surface area contributed by atoms with E-state index in [1.807, 2.05) is 19.9 Å². The van der Waals surface area contributed by atoms with E-state index in [0.29, 0.717) is 18.4 Å². The van der Waals surface area contributed by atoms with E-state index in [1.54, 1.807) is 0 Å².